The Morgan fingerprint density at radius 1 is 1.16 bits per heavy atom. The van der Waals surface area contributed by atoms with Gasteiger partial charge in [-0.15, -0.1) is 6.58 Å². The van der Waals surface area contributed by atoms with Gasteiger partial charge in [-0.25, -0.2) is 12.8 Å². The van der Waals surface area contributed by atoms with Crippen LogP contribution in [0.3, 0.4) is 0 Å². The van der Waals surface area contributed by atoms with E-state index in [1.165, 1.54) is 16.4 Å². The molecule has 136 valence electrons. The molecule has 0 bridgehead atoms. The molecule has 0 atom stereocenters. The van der Waals surface area contributed by atoms with Crippen LogP contribution in [0.5, 0.6) is 0 Å². The van der Waals surface area contributed by atoms with Crippen molar-refractivity contribution in [3.63, 3.8) is 0 Å². The minimum Gasteiger partial charge on any atom is -0.338 e. The summed E-state index contributed by atoms with van der Waals surface area (Å²) in [6, 6.07) is 4.94. The van der Waals surface area contributed by atoms with E-state index < -0.39 is 15.8 Å². The number of benzene rings is 1. The van der Waals surface area contributed by atoms with Crippen LogP contribution in [0, 0.1) is 11.2 Å². The van der Waals surface area contributed by atoms with E-state index in [1.807, 2.05) is 4.90 Å². The molecule has 1 amide bonds. The zero-order valence-corrected chi connectivity index (χ0v) is 15.0. The first kappa shape index (κ1) is 18.1. The summed E-state index contributed by atoms with van der Waals surface area (Å²) in [6.07, 6.45) is 4.51. The minimum atomic E-state index is -3.60. The number of carbonyl (C=O) groups excluding carboxylic acids is 1. The van der Waals surface area contributed by atoms with E-state index in [9.17, 15) is 17.6 Å². The predicted octanol–water partition coefficient (Wildman–Crippen LogP) is 2.41. The molecular formula is C18H23FN2O3S. The average molecular weight is 366 g/mol. The highest BCUT2D eigenvalue weighted by molar-refractivity contribution is 7.89. The molecule has 3 rings (SSSR count). The molecule has 1 aromatic carbocycles. The van der Waals surface area contributed by atoms with Crippen molar-refractivity contribution in [1.29, 1.82) is 0 Å². The molecule has 2 heterocycles. The molecule has 0 aromatic heterocycles. The zero-order valence-electron chi connectivity index (χ0n) is 14.2. The van der Waals surface area contributed by atoms with Crippen molar-refractivity contribution in [2.24, 2.45) is 5.41 Å². The van der Waals surface area contributed by atoms with Gasteiger partial charge >= 0.3 is 0 Å². The Kier molecular flexibility index (Phi) is 4.97. The fourth-order valence-electron chi connectivity index (χ4n) is 3.79. The molecule has 0 saturated carbocycles. The first-order valence-electron chi connectivity index (χ1n) is 8.51. The number of hydrogen-bond acceptors (Lipinski definition) is 3. The molecule has 1 aromatic rings. The number of halogens is 1. The quantitative estimate of drug-likeness (QED) is 0.769. The molecule has 5 nitrogen and oxygen atoms in total. The van der Waals surface area contributed by atoms with Gasteiger partial charge in [-0.05, 0) is 48.9 Å². The van der Waals surface area contributed by atoms with Crippen molar-refractivity contribution in [3.05, 3.63) is 42.7 Å². The monoisotopic (exact) mass is 366 g/mol. The van der Waals surface area contributed by atoms with Gasteiger partial charge in [0, 0.05) is 32.6 Å². The summed E-state index contributed by atoms with van der Waals surface area (Å²) in [5.41, 5.74) is -0.00820. The maximum Gasteiger partial charge on any atom is 0.243 e. The second-order valence-corrected chi connectivity index (χ2v) is 8.86. The number of amides is 1. The number of rotatable bonds is 4. The van der Waals surface area contributed by atoms with Crippen LogP contribution in [0.2, 0.25) is 0 Å². The van der Waals surface area contributed by atoms with E-state index in [-0.39, 0.29) is 16.2 Å². The lowest BCUT2D eigenvalue weighted by Gasteiger charge is -2.46. The van der Waals surface area contributed by atoms with Crippen molar-refractivity contribution in [2.45, 2.75) is 30.6 Å². The highest BCUT2D eigenvalue weighted by Gasteiger charge is 2.42. The number of hydrogen-bond donors (Lipinski definition) is 0. The third kappa shape index (κ3) is 3.62. The van der Waals surface area contributed by atoms with Gasteiger partial charge in [0.2, 0.25) is 15.9 Å². The van der Waals surface area contributed by atoms with Gasteiger partial charge in [-0.2, -0.15) is 4.31 Å². The summed E-state index contributed by atoms with van der Waals surface area (Å²) in [7, 11) is -3.60. The molecule has 2 aliphatic rings. The van der Waals surface area contributed by atoms with Crippen LogP contribution < -0.4 is 0 Å². The Morgan fingerprint density at radius 2 is 1.80 bits per heavy atom. The summed E-state index contributed by atoms with van der Waals surface area (Å²) in [5.74, 6) is -0.308. The molecule has 0 N–H and O–H groups in total. The largest absolute Gasteiger partial charge is 0.338 e. The lowest BCUT2D eigenvalue weighted by molar-refractivity contribution is -0.138. The van der Waals surface area contributed by atoms with Crippen molar-refractivity contribution >= 4 is 15.9 Å². The molecule has 2 fully saturated rings. The van der Waals surface area contributed by atoms with Crippen molar-refractivity contribution in [1.82, 2.24) is 9.21 Å². The fourth-order valence-corrected chi connectivity index (χ4v) is 5.23. The number of sulfonamides is 1. The van der Waals surface area contributed by atoms with Gasteiger partial charge in [-0.3, -0.25) is 4.79 Å². The van der Waals surface area contributed by atoms with Crippen LogP contribution in [0.25, 0.3) is 0 Å². The molecule has 0 unspecified atom stereocenters. The number of nitrogens with zero attached hydrogens (tertiary/aromatic N) is 2. The third-order valence-corrected chi connectivity index (χ3v) is 7.25. The second-order valence-electron chi connectivity index (χ2n) is 6.92. The molecule has 0 radical (unpaired) electrons. The first-order chi connectivity index (χ1) is 11.9. The van der Waals surface area contributed by atoms with Gasteiger partial charge in [0.1, 0.15) is 5.82 Å². The van der Waals surface area contributed by atoms with Gasteiger partial charge in [0.25, 0.3) is 0 Å². The number of likely N-dealkylation sites (tertiary alicyclic amines) is 1. The van der Waals surface area contributed by atoms with Crippen LogP contribution in [-0.4, -0.2) is 49.7 Å². The Hall–Kier alpha value is -1.73. The maximum absolute atomic E-state index is 13.0. The van der Waals surface area contributed by atoms with Gasteiger partial charge in [0.15, 0.2) is 0 Å². The smallest absolute Gasteiger partial charge is 0.243 e. The van der Waals surface area contributed by atoms with Crippen molar-refractivity contribution < 1.29 is 17.6 Å². The van der Waals surface area contributed by atoms with Crippen molar-refractivity contribution in [3.8, 4) is 0 Å². The number of carbonyl (C=O) groups is 1. The van der Waals surface area contributed by atoms with Crippen LogP contribution in [0.4, 0.5) is 4.39 Å². The molecule has 7 heteroatoms. The number of piperidine rings is 2. The Bertz CT molecular complexity index is 753. The first-order valence-corrected chi connectivity index (χ1v) is 9.95. The fraction of sp³-hybridized carbons (Fsp3) is 0.500. The summed E-state index contributed by atoms with van der Waals surface area (Å²) in [5, 5.41) is 0. The SMILES string of the molecule is C=CCN1CC2(CCC1=O)CCN(S(=O)(=O)c1ccc(F)cc1)CC2. The van der Waals surface area contributed by atoms with E-state index >= 15 is 0 Å². The minimum absolute atomic E-state index is 0.00820. The van der Waals surface area contributed by atoms with Crippen LogP contribution in [-0.2, 0) is 14.8 Å². The molecule has 25 heavy (non-hydrogen) atoms. The van der Waals surface area contributed by atoms with E-state index in [0.29, 0.717) is 32.6 Å². The molecule has 2 aliphatic heterocycles. The van der Waals surface area contributed by atoms with E-state index in [1.54, 1.807) is 6.08 Å². The van der Waals surface area contributed by atoms with E-state index in [0.717, 1.165) is 31.4 Å². The Labute approximate surface area is 148 Å². The normalized spacial score (nSPS) is 21.5. The maximum atomic E-state index is 13.0. The second kappa shape index (κ2) is 6.88. The highest BCUT2D eigenvalue weighted by Crippen LogP contribution is 2.41. The van der Waals surface area contributed by atoms with Crippen LogP contribution in [0.15, 0.2) is 41.8 Å². The highest BCUT2D eigenvalue weighted by atomic mass is 32.2. The van der Waals surface area contributed by atoms with E-state index in [4.69, 9.17) is 0 Å². The Morgan fingerprint density at radius 3 is 2.40 bits per heavy atom. The molecule has 1 spiro atoms. The van der Waals surface area contributed by atoms with Crippen LogP contribution in [0.1, 0.15) is 25.7 Å². The summed E-state index contributed by atoms with van der Waals surface area (Å²) in [6.45, 7) is 5.76. The van der Waals surface area contributed by atoms with Crippen LogP contribution >= 0.6 is 0 Å². The standard InChI is InChI=1S/C18H23FN2O3S/c1-2-11-20-14-18(8-7-17(20)22)9-12-21(13-10-18)25(23,24)16-5-3-15(19)4-6-16/h2-6H,1,7-14H2. The predicted molar refractivity (Wildman–Crippen MR) is 92.8 cm³/mol. The zero-order chi connectivity index (χ0) is 18.1. The lowest BCUT2D eigenvalue weighted by atomic mass is 9.73. The third-order valence-electron chi connectivity index (χ3n) is 5.33. The van der Waals surface area contributed by atoms with E-state index in [2.05, 4.69) is 6.58 Å². The topological polar surface area (TPSA) is 57.7 Å². The van der Waals surface area contributed by atoms with Gasteiger partial charge in [0.05, 0.1) is 4.90 Å². The Balaban J connectivity index is 1.70. The van der Waals surface area contributed by atoms with Gasteiger partial charge in [-0.1, -0.05) is 6.08 Å². The lowest BCUT2D eigenvalue weighted by Crippen LogP contribution is -2.52. The summed E-state index contributed by atoms with van der Waals surface area (Å²) < 4.78 is 39.9. The summed E-state index contributed by atoms with van der Waals surface area (Å²) in [4.78, 5) is 13.9. The molecule has 0 aliphatic carbocycles. The molecule has 2 saturated heterocycles. The van der Waals surface area contributed by atoms with Crippen molar-refractivity contribution in [2.75, 3.05) is 26.2 Å². The average Bonchev–Trinajstić information content (AvgIpc) is 2.59. The molecular weight excluding hydrogens is 343 g/mol. The van der Waals surface area contributed by atoms with Gasteiger partial charge < -0.3 is 4.90 Å². The summed E-state index contributed by atoms with van der Waals surface area (Å²) >= 11 is 0.